The van der Waals surface area contributed by atoms with Crippen LogP contribution >= 0.6 is 0 Å². The molecule has 0 saturated heterocycles. The van der Waals surface area contributed by atoms with Gasteiger partial charge in [-0.25, -0.2) is 0 Å². The van der Waals surface area contributed by atoms with Gasteiger partial charge < -0.3 is 9.67 Å². The monoisotopic (exact) mass is 231 g/mol. The number of fused-ring (bicyclic) bond motifs is 1. The summed E-state index contributed by atoms with van der Waals surface area (Å²) in [5.41, 5.74) is 0.127. The zero-order valence-electron chi connectivity index (χ0n) is 10.4. The normalized spacial score (nSPS) is 12.0. The van der Waals surface area contributed by atoms with Gasteiger partial charge in [-0.05, 0) is 38.3 Å². The lowest BCUT2D eigenvalue weighted by Gasteiger charge is -2.19. The van der Waals surface area contributed by atoms with Crippen LogP contribution in [0.4, 0.5) is 0 Å². The number of nitrogens with zero attached hydrogens (tertiary/aromatic N) is 1. The van der Waals surface area contributed by atoms with E-state index in [4.69, 9.17) is 0 Å². The number of aromatic nitrogens is 1. The molecule has 3 nitrogen and oxygen atoms in total. The molecule has 3 heteroatoms. The second-order valence-corrected chi connectivity index (χ2v) is 4.73. The largest absolute Gasteiger partial charge is 0.386 e. The van der Waals surface area contributed by atoms with Gasteiger partial charge in [0.1, 0.15) is 0 Å². The van der Waals surface area contributed by atoms with Crippen LogP contribution in [0.15, 0.2) is 35.1 Å². The second-order valence-electron chi connectivity index (χ2n) is 4.73. The van der Waals surface area contributed by atoms with Crippen molar-refractivity contribution in [1.82, 2.24) is 4.57 Å². The number of hydrogen-bond donors (Lipinski definition) is 1. The first-order valence-corrected chi connectivity index (χ1v) is 5.80. The molecular formula is C14H17NO2. The van der Waals surface area contributed by atoms with Crippen molar-refractivity contribution in [3.05, 3.63) is 46.2 Å². The fraction of sp³-hybridized carbons (Fsp3) is 0.357. The van der Waals surface area contributed by atoms with Gasteiger partial charge in [0.05, 0.1) is 11.1 Å². The number of aryl methyl sites for hydroxylation is 1. The highest BCUT2D eigenvalue weighted by atomic mass is 16.3. The minimum absolute atomic E-state index is 0.112. The summed E-state index contributed by atoms with van der Waals surface area (Å²) >= 11 is 0. The minimum atomic E-state index is -1.11. The number of rotatable bonds is 2. The van der Waals surface area contributed by atoms with Gasteiger partial charge in [0.15, 0.2) is 0 Å². The fourth-order valence-corrected chi connectivity index (χ4v) is 2.08. The molecule has 17 heavy (non-hydrogen) atoms. The third kappa shape index (κ3) is 1.98. The van der Waals surface area contributed by atoms with Crippen molar-refractivity contribution in [3.8, 4) is 0 Å². The van der Waals surface area contributed by atoms with Crippen LogP contribution in [0.1, 0.15) is 26.3 Å². The van der Waals surface area contributed by atoms with Crippen LogP contribution in [0.5, 0.6) is 0 Å². The van der Waals surface area contributed by atoms with E-state index in [9.17, 15) is 9.90 Å². The Morgan fingerprint density at radius 3 is 2.53 bits per heavy atom. The molecule has 0 radical (unpaired) electrons. The van der Waals surface area contributed by atoms with E-state index < -0.39 is 5.60 Å². The van der Waals surface area contributed by atoms with Gasteiger partial charge >= 0.3 is 0 Å². The third-order valence-electron chi connectivity index (χ3n) is 2.98. The van der Waals surface area contributed by atoms with E-state index in [1.54, 1.807) is 24.5 Å². The van der Waals surface area contributed by atoms with Gasteiger partial charge in [0.25, 0.3) is 5.56 Å². The summed E-state index contributed by atoms with van der Waals surface area (Å²) in [6.45, 7) is 5.81. The van der Waals surface area contributed by atoms with Crippen molar-refractivity contribution < 1.29 is 5.11 Å². The van der Waals surface area contributed by atoms with Crippen molar-refractivity contribution in [2.24, 2.45) is 0 Å². The zero-order chi connectivity index (χ0) is 12.6. The molecule has 0 spiro atoms. The summed E-state index contributed by atoms with van der Waals surface area (Å²) in [4.78, 5) is 12.3. The van der Waals surface area contributed by atoms with Gasteiger partial charge in [-0.3, -0.25) is 4.79 Å². The SMILES string of the molecule is CCn1c(=O)c(C(C)(C)O)cc2ccccc21. The molecule has 0 unspecified atom stereocenters. The molecule has 90 valence electrons. The Hall–Kier alpha value is -1.61. The Morgan fingerprint density at radius 2 is 1.94 bits per heavy atom. The lowest BCUT2D eigenvalue weighted by Crippen LogP contribution is -2.31. The summed E-state index contributed by atoms with van der Waals surface area (Å²) in [5.74, 6) is 0. The molecule has 0 aliphatic heterocycles. The van der Waals surface area contributed by atoms with Crippen molar-refractivity contribution in [2.75, 3.05) is 0 Å². The Balaban J connectivity index is 2.90. The molecule has 0 fully saturated rings. The topological polar surface area (TPSA) is 42.2 Å². The smallest absolute Gasteiger partial charge is 0.257 e. The first-order valence-electron chi connectivity index (χ1n) is 5.80. The van der Waals surface area contributed by atoms with Crippen LogP contribution in [-0.4, -0.2) is 9.67 Å². The lowest BCUT2D eigenvalue weighted by molar-refractivity contribution is 0.0767. The number of benzene rings is 1. The average molecular weight is 231 g/mol. The highest BCUT2D eigenvalue weighted by Crippen LogP contribution is 2.20. The molecule has 0 aliphatic carbocycles. The van der Waals surface area contributed by atoms with Gasteiger partial charge in [-0.2, -0.15) is 0 Å². The van der Waals surface area contributed by atoms with Crippen molar-refractivity contribution >= 4 is 10.9 Å². The number of para-hydroxylation sites is 1. The van der Waals surface area contributed by atoms with E-state index in [0.29, 0.717) is 12.1 Å². The average Bonchev–Trinajstić information content (AvgIpc) is 2.27. The van der Waals surface area contributed by atoms with Gasteiger partial charge in [0.2, 0.25) is 0 Å². The van der Waals surface area contributed by atoms with E-state index >= 15 is 0 Å². The molecule has 1 N–H and O–H groups in total. The van der Waals surface area contributed by atoms with Gasteiger partial charge in [-0.1, -0.05) is 18.2 Å². The summed E-state index contributed by atoms with van der Waals surface area (Å²) in [6, 6.07) is 9.51. The van der Waals surface area contributed by atoms with Crippen molar-refractivity contribution in [3.63, 3.8) is 0 Å². The molecule has 1 aromatic heterocycles. The molecule has 0 aliphatic rings. The molecule has 0 saturated carbocycles. The maximum absolute atomic E-state index is 12.3. The lowest BCUT2D eigenvalue weighted by atomic mass is 9.98. The predicted molar refractivity (Wildman–Crippen MR) is 69.1 cm³/mol. The quantitative estimate of drug-likeness (QED) is 0.861. The van der Waals surface area contributed by atoms with E-state index in [1.807, 2.05) is 31.2 Å². The fourth-order valence-electron chi connectivity index (χ4n) is 2.08. The minimum Gasteiger partial charge on any atom is -0.386 e. The Kier molecular flexibility index (Phi) is 2.79. The summed E-state index contributed by atoms with van der Waals surface area (Å²) in [7, 11) is 0. The summed E-state index contributed by atoms with van der Waals surface area (Å²) in [5, 5.41) is 11.0. The Morgan fingerprint density at radius 1 is 1.29 bits per heavy atom. The van der Waals surface area contributed by atoms with Gasteiger partial charge in [0, 0.05) is 12.1 Å². The Labute approximate surface area is 100 Å². The van der Waals surface area contributed by atoms with E-state index in [-0.39, 0.29) is 5.56 Å². The van der Waals surface area contributed by atoms with E-state index in [2.05, 4.69) is 0 Å². The number of pyridine rings is 1. The third-order valence-corrected chi connectivity index (χ3v) is 2.98. The van der Waals surface area contributed by atoms with E-state index in [1.165, 1.54) is 0 Å². The van der Waals surface area contributed by atoms with Crippen LogP contribution in [0.2, 0.25) is 0 Å². The molecule has 0 amide bonds. The molecule has 0 bridgehead atoms. The highest BCUT2D eigenvalue weighted by molar-refractivity contribution is 5.79. The highest BCUT2D eigenvalue weighted by Gasteiger charge is 2.22. The van der Waals surface area contributed by atoms with Crippen LogP contribution in [0, 0.1) is 0 Å². The zero-order valence-corrected chi connectivity index (χ0v) is 10.4. The Bertz CT molecular complexity index is 606. The maximum Gasteiger partial charge on any atom is 0.257 e. The van der Waals surface area contributed by atoms with Gasteiger partial charge in [-0.15, -0.1) is 0 Å². The summed E-state index contributed by atoms with van der Waals surface area (Å²) < 4.78 is 1.70. The van der Waals surface area contributed by atoms with Crippen LogP contribution in [-0.2, 0) is 12.1 Å². The van der Waals surface area contributed by atoms with Crippen LogP contribution < -0.4 is 5.56 Å². The maximum atomic E-state index is 12.3. The first kappa shape index (κ1) is 11.9. The molecular weight excluding hydrogens is 214 g/mol. The predicted octanol–water partition coefficient (Wildman–Crippen LogP) is 2.25. The number of aliphatic hydroxyl groups is 1. The van der Waals surface area contributed by atoms with E-state index in [0.717, 1.165) is 10.9 Å². The molecule has 2 aromatic rings. The first-order chi connectivity index (χ1) is 7.95. The molecule has 2 rings (SSSR count). The van der Waals surface area contributed by atoms with Crippen molar-refractivity contribution in [1.29, 1.82) is 0 Å². The second kappa shape index (κ2) is 4.00. The van der Waals surface area contributed by atoms with Crippen molar-refractivity contribution in [2.45, 2.75) is 32.9 Å². The standard InChI is InChI=1S/C14H17NO2/c1-4-15-12-8-6-5-7-10(12)9-11(13(15)16)14(2,3)17/h5-9,17H,4H2,1-3H3. The van der Waals surface area contributed by atoms with Crippen LogP contribution in [0.25, 0.3) is 10.9 Å². The molecule has 1 heterocycles. The molecule has 1 aromatic carbocycles. The van der Waals surface area contributed by atoms with Crippen LogP contribution in [0.3, 0.4) is 0 Å². The summed E-state index contributed by atoms with van der Waals surface area (Å²) in [6.07, 6.45) is 0. The molecule has 0 atom stereocenters. The number of hydrogen-bond acceptors (Lipinski definition) is 2.